The Kier molecular flexibility index (Phi) is 4.72. The number of pyridine rings is 1. The second kappa shape index (κ2) is 6.30. The molecule has 100 valence electrons. The molecule has 3 nitrogen and oxygen atoms in total. The van der Waals surface area contributed by atoms with E-state index in [0.717, 1.165) is 19.5 Å². The molecule has 3 heteroatoms. The quantitative estimate of drug-likeness (QED) is 0.798. The van der Waals surface area contributed by atoms with Crippen molar-refractivity contribution in [2.45, 2.75) is 25.7 Å². The van der Waals surface area contributed by atoms with Gasteiger partial charge in [0, 0.05) is 37.9 Å². The molecule has 1 heterocycles. The minimum Gasteiger partial charge on any atom is -0.319 e. The van der Waals surface area contributed by atoms with Gasteiger partial charge in [-0.1, -0.05) is 12.5 Å². The topological polar surface area (TPSA) is 28.2 Å². The Labute approximate surface area is 111 Å². The number of aromatic nitrogens is 1. The van der Waals surface area contributed by atoms with Crippen molar-refractivity contribution in [3.05, 3.63) is 30.1 Å². The van der Waals surface area contributed by atoms with Gasteiger partial charge in [0.15, 0.2) is 0 Å². The van der Waals surface area contributed by atoms with Gasteiger partial charge < -0.3 is 10.2 Å². The normalized spacial score (nSPS) is 17.7. The summed E-state index contributed by atoms with van der Waals surface area (Å²) in [5.41, 5.74) is 1.73. The third kappa shape index (κ3) is 3.53. The fourth-order valence-corrected chi connectivity index (χ4v) is 2.95. The third-order valence-electron chi connectivity index (χ3n) is 4.05. The lowest BCUT2D eigenvalue weighted by molar-refractivity contribution is 0.0802. The van der Waals surface area contributed by atoms with E-state index in [2.05, 4.69) is 41.4 Å². The fourth-order valence-electron chi connectivity index (χ4n) is 2.95. The van der Waals surface area contributed by atoms with Crippen molar-refractivity contribution in [3.63, 3.8) is 0 Å². The zero-order valence-corrected chi connectivity index (χ0v) is 11.7. The summed E-state index contributed by atoms with van der Waals surface area (Å²) < 4.78 is 0. The second-order valence-corrected chi connectivity index (χ2v) is 5.69. The van der Waals surface area contributed by atoms with E-state index < -0.39 is 0 Å². The molecule has 1 aliphatic carbocycles. The van der Waals surface area contributed by atoms with E-state index in [4.69, 9.17) is 0 Å². The molecule has 0 aromatic carbocycles. The van der Waals surface area contributed by atoms with E-state index in [9.17, 15) is 0 Å². The van der Waals surface area contributed by atoms with Crippen molar-refractivity contribution in [3.8, 4) is 0 Å². The monoisotopic (exact) mass is 247 g/mol. The van der Waals surface area contributed by atoms with Crippen molar-refractivity contribution >= 4 is 0 Å². The molecule has 0 spiro atoms. The summed E-state index contributed by atoms with van der Waals surface area (Å²) in [7, 11) is 4.30. The Morgan fingerprint density at radius 2 is 2.22 bits per heavy atom. The van der Waals surface area contributed by atoms with Crippen molar-refractivity contribution in [2.75, 3.05) is 33.7 Å². The van der Waals surface area contributed by atoms with Crippen LogP contribution < -0.4 is 5.32 Å². The molecule has 0 atom stereocenters. The predicted octanol–water partition coefficient (Wildman–Crippen LogP) is 1.95. The maximum Gasteiger partial charge on any atom is 0.0416 e. The maximum atomic E-state index is 4.38. The first kappa shape index (κ1) is 13.5. The van der Waals surface area contributed by atoms with Crippen LogP contribution in [0.2, 0.25) is 0 Å². The van der Waals surface area contributed by atoms with Crippen LogP contribution in [-0.4, -0.2) is 43.6 Å². The minimum atomic E-state index is 0.535. The fraction of sp³-hybridized carbons (Fsp3) is 0.667. The molecular weight excluding hydrogens is 222 g/mol. The summed E-state index contributed by atoms with van der Waals surface area (Å²) in [4.78, 5) is 6.84. The van der Waals surface area contributed by atoms with E-state index in [1.807, 2.05) is 12.3 Å². The Morgan fingerprint density at radius 3 is 2.78 bits per heavy atom. The Hall–Kier alpha value is -0.930. The first-order valence-electron chi connectivity index (χ1n) is 6.97. The summed E-state index contributed by atoms with van der Waals surface area (Å²) in [5.74, 6) is 0. The average Bonchev–Trinajstić information content (AvgIpc) is 2.35. The molecule has 1 aliphatic rings. The highest BCUT2D eigenvalue weighted by molar-refractivity contribution is 5.03. The minimum absolute atomic E-state index is 0.535. The molecule has 1 N–H and O–H groups in total. The zero-order chi connectivity index (χ0) is 12.8. The van der Waals surface area contributed by atoms with E-state index in [0.29, 0.717) is 5.41 Å². The van der Waals surface area contributed by atoms with Crippen LogP contribution in [0.15, 0.2) is 24.4 Å². The van der Waals surface area contributed by atoms with Gasteiger partial charge in [-0.3, -0.25) is 4.98 Å². The van der Waals surface area contributed by atoms with Crippen LogP contribution in [0.1, 0.15) is 25.0 Å². The molecule has 0 unspecified atom stereocenters. The summed E-state index contributed by atoms with van der Waals surface area (Å²) in [6.45, 7) is 3.46. The number of nitrogens with zero attached hydrogens (tertiary/aromatic N) is 2. The standard InChI is InChI=1S/C15H25N3/c1-16-12-15(8-5-9-15)13-18(2)11-7-14-6-3-4-10-17-14/h3-4,6,10,16H,5,7-9,11-13H2,1-2H3. The Bertz CT molecular complexity index is 346. The van der Waals surface area contributed by atoms with Gasteiger partial charge in [0.1, 0.15) is 0 Å². The highest BCUT2D eigenvalue weighted by atomic mass is 15.1. The number of hydrogen-bond donors (Lipinski definition) is 1. The molecule has 1 saturated carbocycles. The summed E-state index contributed by atoms with van der Waals surface area (Å²) in [5, 5.41) is 3.35. The SMILES string of the molecule is CNCC1(CN(C)CCc2ccccn2)CCC1. The van der Waals surface area contributed by atoms with Gasteiger partial charge in [-0.15, -0.1) is 0 Å². The molecule has 1 aromatic rings. The Balaban J connectivity index is 1.76. The summed E-state index contributed by atoms with van der Waals surface area (Å²) in [6.07, 6.45) is 7.08. The van der Waals surface area contributed by atoms with Gasteiger partial charge in [-0.2, -0.15) is 0 Å². The molecule has 1 aromatic heterocycles. The van der Waals surface area contributed by atoms with Crippen LogP contribution in [0.25, 0.3) is 0 Å². The molecule has 0 bridgehead atoms. The molecule has 0 saturated heterocycles. The number of likely N-dealkylation sites (N-methyl/N-ethyl adjacent to an activating group) is 1. The van der Waals surface area contributed by atoms with Crippen molar-refractivity contribution in [1.29, 1.82) is 0 Å². The molecule has 0 aliphatic heterocycles. The lowest BCUT2D eigenvalue weighted by Gasteiger charge is -2.44. The lowest BCUT2D eigenvalue weighted by Crippen LogP contribution is -2.47. The zero-order valence-electron chi connectivity index (χ0n) is 11.7. The van der Waals surface area contributed by atoms with Crippen LogP contribution >= 0.6 is 0 Å². The van der Waals surface area contributed by atoms with E-state index in [-0.39, 0.29) is 0 Å². The third-order valence-corrected chi connectivity index (χ3v) is 4.05. The largest absolute Gasteiger partial charge is 0.319 e. The molecular formula is C15H25N3. The highest BCUT2D eigenvalue weighted by Crippen LogP contribution is 2.40. The van der Waals surface area contributed by atoms with E-state index in [1.165, 1.54) is 31.5 Å². The van der Waals surface area contributed by atoms with Gasteiger partial charge in [-0.05, 0) is 44.5 Å². The lowest BCUT2D eigenvalue weighted by atomic mass is 9.68. The van der Waals surface area contributed by atoms with Crippen molar-refractivity contribution in [2.24, 2.45) is 5.41 Å². The number of hydrogen-bond acceptors (Lipinski definition) is 3. The Morgan fingerprint density at radius 1 is 1.39 bits per heavy atom. The number of rotatable bonds is 7. The smallest absolute Gasteiger partial charge is 0.0416 e. The summed E-state index contributed by atoms with van der Waals surface area (Å²) in [6, 6.07) is 6.15. The molecule has 0 radical (unpaired) electrons. The van der Waals surface area contributed by atoms with Crippen molar-refractivity contribution < 1.29 is 0 Å². The molecule has 18 heavy (non-hydrogen) atoms. The van der Waals surface area contributed by atoms with Gasteiger partial charge in [-0.25, -0.2) is 0 Å². The molecule has 2 rings (SSSR count). The predicted molar refractivity (Wildman–Crippen MR) is 75.6 cm³/mol. The van der Waals surface area contributed by atoms with E-state index >= 15 is 0 Å². The van der Waals surface area contributed by atoms with Crippen molar-refractivity contribution in [1.82, 2.24) is 15.2 Å². The van der Waals surface area contributed by atoms with Gasteiger partial charge in [0.2, 0.25) is 0 Å². The molecule has 0 amide bonds. The van der Waals surface area contributed by atoms with Crippen LogP contribution in [0.4, 0.5) is 0 Å². The van der Waals surface area contributed by atoms with Crippen LogP contribution in [0, 0.1) is 5.41 Å². The van der Waals surface area contributed by atoms with Gasteiger partial charge in [0.25, 0.3) is 0 Å². The van der Waals surface area contributed by atoms with Crippen LogP contribution in [-0.2, 0) is 6.42 Å². The molecule has 1 fully saturated rings. The maximum absolute atomic E-state index is 4.38. The van der Waals surface area contributed by atoms with Crippen LogP contribution in [0.3, 0.4) is 0 Å². The first-order chi connectivity index (χ1) is 8.74. The average molecular weight is 247 g/mol. The first-order valence-corrected chi connectivity index (χ1v) is 6.97. The number of nitrogens with one attached hydrogen (secondary N) is 1. The van der Waals surface area contributed by atoms with E-state index in [1.54, 1.807) is 0 Å². The van der Waals surface area contributed by atoms with Gasteiger partial charge in [0.05, 0.1) is 0 Å². The van der Waals surface area contributed by atoms with Gasteiger partial charge >= 0.3 is 0 Å². The second-order valence-electron chi connectivity index (χ2n) is 5.69. The highest BCUT2D eigenvalue weighted by Gasteiger charge is 2.36. The summed E-state index contributed by atoms with van der Waals surface area (Å²) >= 11 is 0. The van der Waals surface area contributed by atoms with Crippen LogP contribution in [0.5, 0.6) is 0 Å².